The number of nitrogens with one attached hydrogen (secondary N) is 2. The molecule has 11 heteroatoms. The highest BCUT2D eigenvalue weighted by molar-refractivity contribution is 9.10. The maximum absolute atomic E-state index is 13.6. The Bertz CT molecular complexity index is 1850. The van der Waals surface area contributed by atoms with Crippen molar-refractivity contribution in [1.82, 2.24) is 20.1 Å². The van der Waals surface area contributed by atoms with Gasteiger partial charge in [-0.1, -0.05) is 57.9 Å². The zero-order valence-electron chi connectivity index (χ0n) is 23.5. The molecule has 0 aliphatic heterocycles. The number of nitrogens with zero attached hydrogens (tertiary/aromatic N) is 3. The Labute approximate surface area is 254 Å². The summed E-state index contributed by atoms with van der Waals surface area (Å²) in [6.45, 7) is 6.26. The second-order valence-electron chi connectivity index (χ2n) is 10.2. The predicted octanol–water partition coefficient (Wildman–Crippen LogP) is 7.37. The van der Waals surface area contributed by atoms with Crippen LogP contribution in [0.5, 0.6) is 0 Å². The van der Waals surface area contributed by atoms with Gasteiger partial charge in [-0.05, 0) is 68.3 Å². The van der Waals surface area contributed by atoms with E-state index in [1.54, 1.807) is 42.8 Å². The Morgan fingerprint density at radius 3 is 2.35 bits per heavy atom. The first-order chi connectivity index (χ1) is 20.4. The summed E-state index contributed by atoms with van der Waals surface area (Å²) in [4.78, 5) is 29.7. The van der Waals surface area contributed by atoms with Gasteiger partial charge in [-0.3, -0.25) is 14.3 Å². The van der Waals surface area contributed by atoms with Crippen molar-refractivity contribution in [1.29, 1.82) is 0 Å². The van der Waals surface area contributed by atoms with Crippen LogP contribution in [0.3, 0.4) is 0 Å². The van der Waals surface area contributed by atoms with Crippen LogP contribution in [0.2, 0.25) is 0 Å². The van der Waals surface area contributed by atoms with E-state index >= 15 is 0 Å². The molecule has 0 bridgehead atoms. The standard InChI is InChI=1S/C32H27BrF3N5O2/c1-18-5-4-6-22(13-18)16-37-30(42)23-9-7-21(8-10-23)17-41-20(3)29(19(2)40-41)39-31(43)26-15-28(32(34,35)36)38-27-12-11-24(33)14-25(26)27/h4-15H,16-17H2,1-3H3,(H,37,42)(H,39,43). The van der Waals surface area contributed by atoms with E-state index in [2.05, 4.69) is 36.6 Å². The van der Waals surface area contributed by atoms with E-state index in [0.29, 0.717) is 40.2 Å². The zero-order chi connectivity index (χ0) is 30.9. The molecule has 0 saturated heterocycles. The first-order valence-corrected chi connectivity index (χ1v) is 14.1. The molecule has 7 nitrogen and oxygen atoms in total. The molecule has 0 aliphatic rings. The summed E-state index contributed by atoms with van der Waals surface area (Å²) in [5, 5.41) is 10.5. The second-order valence-corrected chi connectivity index (χ2v) is 11.2. The number of halogens is 4. The third kappa shape index (κ3) is 6.77. The van der Waals surface area contributed by atoms with E-state index in [0.717, 1.165) is 22.8 Å². The minimum atomic E-state index is -4.72. The summed E-state index contributed by atoms with van der Waals surface area (Å²) in [6.07, 6.45) is -4.72. The molecule has 0 fully saturated rings. The summed E-state index contributed by atoms with van der Waals surface area (Å²) < 4.78 is 43.0. The lowest BCUT2D eigenvalue weighted by Gasteiger charge is -2.13. The molecular weight excluding hydrogens is 623 g/mol. The van der Waals surface area contributed by atoms with Crippen molar-refractivity contribution in [2.45, 2.75) is 40.0 Å². The van der Waals surface area contributed by atoms with Crippen molar-refractivity contribution in [3.8, 4) is 0 Å². The van der Waals surface area contributed by atoms with E-state index in [-0.39, 0.29) is 22.4 Å². The van der Waals surface area contributed by atoms with Gasteiger partial charge in [0.05, 0.1) is 34.7 Å². The van der Waals surface area contributed by atoms with Crippen LogP contribution < -0.4 is 10.6 Å². The molecule has 5 rings (SSSR count). The number of amides is 2. The van der Waals surface area contributed by atoms with Gasteiger partial charge in [0.25, 0.3) is 11.8 Å². The summed E-state index contributed by atoms with van der Waals surface area (Å²) in [6, 6.07) is 20.4. The topological polar surface area (TPSA) is 88.9 Å². The number of carbonyl (C=O) groups excluding carboxylic acids is 2. The number of aryl methyl sites for hydroxylation is 2. The molecule has 0 saturated carbocycles. The Balaban J connectivity index is 1.32. The van der Waals surface area contributed by atoms with Gasteiger partial charge in [0.15, 0.2) is 0 Å². The average Bonchev–Trinajstić information content (AvgIpc) is 3.22. The van der Waals surface area contributed by atoms with Crippen molar-refractivity contribution in [3.05, 3.63) is 122 Å². The van der Waals surface area contributed by atoms with Crippen LogP contribution in [0.1, 0.15) is 54.5 Å². The lowest BCUT2D eigenvalue weighted by molar-refractivity contribution is -0.141. The third-order valence-electron chi connectivity index (χ3n) is 7.01. The fourth-order valence-corrected chi connectivity index (χ4v) is 5.15. The van der Waals surface area contributed by atoms with Gasteiger partial charge in [0.2, 0.25) is 0 Å². The lowest BCUT2D eigenvalue weighted by Crippen LogP contribution is -2.22. The molecule has 5 aromatic rings. The van der Waals surface area contributed by atoms with Crippen LogP contribution in [-0.2, 0) is 19.3 Å². The van der Waals surface area contributed by atoms with Crippen LogP contribution in [0.4, 0.5) is 18.9 Å². The fourth-order valence-electron chi connectivity index (χ4n) is 4.78. The van der Waals surface area contributed by atoms with Gasteiger partial charge in [-0.2, -0.15) is 18.3 Å². The molecule has 2 amide bonds. The molecule has 0 unspecified atom stereocenters. The third-order valence-corrected chi connectivity index (χ3v) is 7.50. The van der Waals surface area contributed by atoms with E-state index in [1.165, 1.54) is 6.07 Å². The second kappa shape index (κ2) is 12.0. The maximum atomic E-state index is 13.6. The molecule has 220 valence electrons. The average molecular weight is 650 g/mol. The lowest BCUT2D eigenvalue weighted by atomic mass is 10.1. The number of carbonyl (C=O) groups is 2. The Hall–Kier alpha value is -4.51. The van der Waals surface area contributed by atoms with Crippen molar-refractivity contribution < 1.29 is 22.8 Å². The number of hydrogen-bond donors (Lipinski definition) is 2. The number of fused-ring (bicyclic) bond motifs is 1. The van der Waals surface area contributed by atoms with Crippen molar-refractivity contribution >= 4 is 44.3 Å². The van der Waals surface area contributed by atoms with Gasteiger partial charge in [-0.15, -0.1) is 0 Å². The summed E-state index contributed by atoms with van der Waals surface area (Å²) in [7, 11) is 0. The van der Waals surface area contributed by atoms with E-state index in [9.17, 15) is 22.8 Å². The monoisotopic (exact) mass is 649 g/mol. The number of hydrogen-bond acceptors (Lipinski definition) is 4. The summed E-state index contributed by atoms with van der Waals surface area (Å²) in [5.41, 5.74) is 3.83. The number of rotatable bonds is 7. The van der Waals surface area contributed by atoms with Crippen molar-refractivity contribution in [2.75, 3.05) is 5.32 Å². The molecular formula is C32H27BrF3N5O2. The minimum absolute atomic E-state index is 0.0552. The SMILES string of the molecule is Cc1cccc(CNC(=O)c2ccc(Cn3nc(C)c(NC(=O)c4cc(C(F)(F)F)nc5ccc(Br)cc45)c3C)cc2)c1. The minimum Gasteiger partial charge on any atom is -0.348 e. The van der Waals surface area contributed by atoms with Gasteiger partial charge in [0, 0.05) is 22.0 Å². The Morgan fingerprint density at radius 1 is 0.907 bits per heavy atom. The van der Waals surface area contributed by atoms with Crippen LogP contribution in [-0.4, -0.2) is 26.6 Å². The molecule has 2 aromatic heterocycles. The first kappa shape index (κ1) is 30.0. The predicted molar refractivity (Wildman–Crippen MR) is 162 cm³/mol. The van der Waals surface area contributed by atoms with E-state index in [4.69, 9.17) is 0 Å². The van der Waals surface area contributed by atoms with Crippen LogP contribution in [0.25, 0.3) is 10.9 Å². The van der Waals surface area contributed by atoms with Crippen LogP contribution in [0, 0.1) is 20.8 Å². The number of aromatic nitrogens is 3. The van der Waals surface area contributed by atoms with Crippen LogP contribution >= 0.6 is 15.9 Å². The molecule has 2 heterocycles. The molecule has 0 spiro atoms. The Morgan fingerprint density at radius 2 is 1.65 bits per heavy atom. The van der Waals surface area contributed by atoms with E-state index in [1.807, 2.05) is 43.3 Å². The highest BCUT2D eigenvalue weighted by Gasteiger charge is 2.34. The highest BCUT2D eigenvalue weighted by atomic mass is 79.9. The number of alkyl halides is 3. The molecule has 0 atom stereocenters. The van der Waals surface area contributed by atoms with Crippen LogP contribution in [0.15, 0.2) is 77.3 Å². The fraction of sp³-hybridized carbons (Fsp3) is 0.188. The molecule has 0 radical (unpaired) electrons. The molecule has 43 heavy (non-hydrogen) atoms. The van der Waals surface area contributed by atoms with Gasteiger partial charge in [0.1, 0.15) is 5.69 Å². The number of pyridine rings is 1. The van der Waals surface area contributed by atoms with E-state index < -0.39 is 17.8 Å². The van der Waals surface area contributed by atoms with Crippen molar-refractivity contribution in [2.24, 2.45) is 0 Å². The number of anilines is 1. The van der Waals surface area contributed by atoms with Gasteiger partial charge < -0.3 is 10.6 Å². The molecule has 3 aromatic carbocycles. The largest absolute Gasteiger partial charge is 0.433 e. The summed E-state index contributed by atoms with van der Waals surface area (Å²) in [5.74, 6) is -0.892. The molecule has 2 N–H and O–H groups in total. The zero-order valence-corrected chi connectivity index (χ0v) is 25.1. The Kier molecular flexibility index (Phi) is 8.36. The van der Waals surface area contributed by atoms with Gasteiger partial charge in [-0.25, -0.2) is 4.98 Å². The number of benzene rings is 3. The summed E-state index contributed by atoms with van der Waals surface area (Å²) >= 11 is 3.31. The van der Waals surface area contributed by atoms with Gasteiger partial charge >= 0.3 is 6.18 Å². The maximum Gasteiger partial charge on any atom is 0.433 e. The highest BCUT2D eigenvalue weighted by Crippen LogP contribution is 2.32. The smallest absolute Gasteiger partial charge is 0.348 e. The van der Waals surface area contributed by atoms with Crippen molar-refractivity contribution in [3.63, 3.8) is 0 Å². The first-order valence-electron chi connectivity index (χ1n) is 13.3. The quantitative estimate of drug-likeness (QED) is 0.193. The normalized spacial score (nSPS) is 11.5. The molecule has 0 aliphatic carbocycles.